The van der Waals surface area contributed by atoms with Crippen LogP contribution < -0.4 is 4.90 Å². The van der Waals surface area contributed by atoms with Crippen LogP contribution >= 0.6 is 11.3 Å². The molecular formula is C15H18N2O2S. The van der Waals surface area contributed by atoms with E-state index < -0.39 is 5.97 Å². The van der Waals surface area contributed by atoms with Gasteiger partial charge in [-0.05, 0) is 13.3 Å². The molecule has 0 aliphatic rings. The quantitative estimate of drug-likeness (QED) is 0.884. The van der Waals surface area contributed by atoms with E-state index in [2.05, 4.69) is 4.98 Å². The Kier molecular flexibility index (Phi) is 4.74. The largest absolute Gasteiger partial charge is 0.480 e. The Hall–Kier alpha value is -1.88. The summed E-state index contributed by atoms with van der Waals surface area (Å²) in [7, 11) is 0. The van der Waals surface area contributed by atoms with Crippen molar-refractivity contribution < 1.29 is 9.90 Å². The molecule has 1 aromatic heterocycles. The first-order valence-corrected chi connectivity index (χ1v) is 7.49. The number of aliphatic carboxylic acids is 1. The minimum atomic E-state index is -0.832. The van der Waals surface area contributed by atoms with Gasteiger partial charge in [-0.15, -0.1) is 11.3 Å². The first-order valence-electron chi connectivity index (χ1n) is 6.61. The Morgan fingerprint density at radius 1 is 1.40 bits per heavy atom. The van der Waals surface area contributed by atoms with Crippen LogP contribution in [0.5, 0.6) is 0 Å². The van der Waals surface area contributed by atoms with Crippen molar-refractivity contribution >= 4 is 22.4 Å². The van der Waals surface area contributed by atoms with Crippen LogP contribution in [0.2, 0.25) is 0 Å². The lowest BCUT2D eigenvalue weighted by molar-refractivity contribution is -0.135. The SMILES string of the molecule is CCC(C)N(CC(=O)O)c1nc(-c2ccccc2)cs1. The summed E-state index contributed by atoms with van der Waals surface area (Å²) >= 11 is 1.49. The summed E-state index contributed by atoms with van der Waals surface area (Å²) in [6.07, 6.45) is 0.882. The van der Waals surface area contributed by atoms with Crippen LogP contribution in [0.3, 0.4) is 0 Å². The maximum absolute atomic E-state index is 11.0. The van der Waals surface area contributed by atoms with Gasteiger partial charge < -0.3 is 10.0 Å². The third kappa shape index (κ3) is 3.36. The summed E-state index contributed by atoms with van der Waals surface area (Å²) in [6, 6.07) is 10.1. The van der Waals surface area contributed by atoms with E-state index in [-0.39, 0.29) is 12.6 Å². The number of benzene rings is 1. The van der Waals surface area contributed by atoms with E-state index in [9.17, 15) is 4.79 Å². The number of thiazole rings is 1. The van der Waals surface area contributed by atoms with Crippen molar-refractivity contribution in [3.63, 3.8) is 0 Å². The maximum atomic E-state index is 11.0. The Morgan fingerprint density at radius 2 is 2.10 bits per heavy atom. The Balaban J connectivity index is 2.27. The molecule has 0 bridgehead atoms. The summed E-state index contributed by atoms with van der Waals surface area (Å²) < 4.78 is 0. The molecule has 1 N–H and O–H groups in total. The van der Waals surface area contributed by atoms with Crippen molar-refractivity contribution in [3.05, 3.63) is 35.7 Å². The summed E-state index contributed by atoms with van der Waals surface area (Å²) in [4.78, 5) is 17.4. The van der Waals surface area contributed by atoms with Gasteiger partial charge in [-0.25, -0.2) is 4.98 Å². The van der Waals surface area contributed by atoms with E-state index in [0.717, 1.165) is 22.8 Å². The molecule has 20 heavy (non-hydrogen) atoms. The summed E-state index contributed by atoms with van der Waals surface area (Å²) in [5.41, 5.74) is 1.94. The molecule has 0 amide bonds. The first kappa shape index (κ1) is 14.5. The lowest BCUT2D eigenvalue weighted by Crippen LogP contribution is -2.37. The number of aromatic nitrogens is 1. The summed E-state index contributed by atoms with van der Waals surface area (Å²) in [5, 5.41) is 11.8. The topological polar surface area (TPSA) is 53.4 Å². The molecule has 1 atom stereocenters. The van der Waals surface area contributed by atoms with Crippen LogP contribution in [-0.4, -0.2) is 28.6 Å². The molecule has 1 heterocycles. The zero-order valence-corrected chi connectivity index (χ0v) is 12.4. The average molecular weight is 290 g/mol. The van der Waals surface area contributed by atoms with Gasteiger partial charge in [0.15, 0.2) is 5.13 Å². The predicted octanol–water partition coefficient (Wildman–Crippen LogP) is 3.50. The molecule has 0 saturated heterocycles. The van der Waals surface area contributed by atoms with Crippen LogP contribution in [0.4, 0.5) is 5.13 Å². The summed E-state index contributed by atoms with van der Waals surface area (Å²) in [5.74, 6) is -0.832. The van der Waals surface area contributed by atoms with Crippen molar-refractivity contribution in [1.82, 2.24) is 4.98 Å². The van der Waals surface area contributed by atoms with Gasteiger partial charge in [-0.3, -0.25) is 4.79 Å². The molecule has 5 heteroatoms. The second-order valence-corrected chi connectivity index (χ2v) is 5.50. The van der Waals surface area contributed by atoms with E-state index in [4.69, 9.17) is 5.11 Å². The molecule has 2 aromatic rings. The maximum Gasteiger partial charge on any atom is 0.323 e. The van der Waals surface area contributed by atoms with Gasteiger partial charge in [0.2, 0.25) is 0 Å². The molecule has 106 valence electrons. The average Bonchev–Trinajstić information content (AvgIpc) is 2.94. The minimum absolute atomic E-state index is 0.0171. The fraction of sp³-hybridized carbons (Fsp3) is 0.333. The monoisotopic (exact) mass is 290 g/mol. The van der Waals surface area contributed by atoms with E-state index in [1.165, 1.54) is 11.3 Å². The van der Waals surface area contributed by atoms with Crippen molar-refractivity contribution in [1.29, 1.82) is 0 Å². The molecular weight excluding hydrogens is 272 g/mol. The first-order chi connectivity index (χ1) is 9.61. The molecule has 2 rings (SSSR count). The number of anilines is 1. The minimum Gasteiger partial charge on any atom is -0.480 e. The highest BCUT2D eigenvalue weighted by molar-refractivity contribution is 7.14. The normalized spacial score (nSPS) is 12.1. The predicted molar refractivity (Wildman–Crippen MR) is 82.3 cm³/mol. The van der Waals surface area contributed by atoms with Gasteiger partial charge in [0.1, 0.15) is 6.54 Å². The van der Waals surface area contributed by atoms with Crippen LogP contribution in [0, 0.1) is 0 Å². The van der Waals surface area contributed by atoms with Crippen LogP contribution in [0.25, 0.3) is 11.3 Å². The third-order valence-corrected chi connectivity index (χ3v) is 4.11. The molecule has 1 aromatic carbocycles. The highest BCUT2D eigenvalue weighted by Crippen LogP contribution is 2.28. The molecule has 0 aliphatic heterocycles. The third-order valence-electron chi connectivity index (χ3n) is 3.24. The van der Waals surface area contributed by atoms with Gasteiger partial charge in [-0.2, -0.15) is 0 Å². The summed E-state index contributed by atoms with van der Waals surface area (Å²) in [6.45, 7) is 4.05. The number of hydrogen-bond donors (Lipinski definition) is 1. The molecule has 0 saturated carbocycles. The van der Waals surface area contributed by atoms with Gasteiger partial charge in [-0.1, -0.05) is 37.3 Å². The number of carboxylic acid groups (broad SMARTS) is 1. The number of carbonyl (C=O) groups is 1. The van der Waals surface area contributed by atoms with Gasteiger partial charge >= 0.3 is 5.97 Å². The number of nitrogens with zero attached hydrogens (tertiary/aromatic N) is 2. The highest BCUT2D eigenvalue weighted by Gasteiger charge is 2.19. The second kappa shape index (κ2) is 6.52. The molecule has 0 fully saturated rings. The lowest BCUT2D eigenvalue weighted by Gasteiger charge is -2.26. The van der Waals surface area contributed by atoms with Crippen LogP contribution in [0.15, 0.2) is 35.7 Å². The van der Waals surface area contributed by atoms with Crippen LogP contribution in [0.1, 0.15) is 20.3 Å². The smallest absolute Gasteiger partial charge is 0.323 e. The van der Waals surface area contributed by atoms with E-state index >= 15 is 0 Å². The lowest BCUT2D eigenvalue weighted by atomic mass is 10.2. The number of hydrogen-bond acceptors (Lipinski definition) is 4. The molecule has 0 radical (unpaired) electrons. The molecule has 0 aliphatic carbocycles. The van der Waals surface area contributed by atoms with E-state index in [1.54, 1.807) is 0 Å². The van der Waals surface area contributed by atoms with Gasteiger partial charge in [0, 0.05) is 17.0 Å². The standard InChI is InChI=1S/C15H18N2O2S/c1-3-11(2)17(9-14(18)19)15-16-13(10-20-15)12-7-5-4-6-8-12/h4-8,10-11H,3,9H2,1-2H3,(H,18,19). The van der Waals surface area contributed by atoms with Crippen molar-refractivity contribution in [2.45, 2.75) is 26.3 Å². The highest BCUT2D eigenvalue weighted by atomic mass is 32.1. The fourth-order valence-electron chi connectivity index (χ4n) is 1.92. The number of carboxylic acids is 1. The molecule has 4 nitrogen and oxygen atoms in total. The second-order valence-electron chi connectivity index (χ2n) is 4.66. The van der Waals surface area contributed by atoms with Crippen molar-refractivity contribution in [3.8, 4) is 11.3 Å². The van der Waals surface area contributed by atoms with Gasteiger partial charge in [0.05, 0.1) is 5.69 Å². The van der Waals surface area contributed by atoms with Crippen molar-refractivity contribution in [2.75, 3.05) is 11.4 Å². The zero-order valence-electron chi connectivity index (χ0n) is 11.6. The Bertz CT molecular complexity index is 568. The molecule has 1 unspecified atom stereocenters. The van der Waals surface area contributed by atoms with E-state index in [1.807, 2.05) is 54.5 Å². The Morgan fingerprint density at radius 3 is 2.70 bits per heavy atom. The zero-order chi connectivity index (χ0) is 14.5. The van der Waals surface area contributed by atoms with Gasteiger partial charge in [0.25, 0.3) is 0 Å². The molecule has 0 spiro atoms. The van der Waals surface area contributed by atoms with Crippen molar-refractivity contribution in [2.24, 2.45) is 0 Å². The number of rotatable bonds is 6. The van der Waals surface area contributed by atoms with Crippen LogP contribution in [-0.2, 0) is 4.79 Å². The van der Waals surface area contributed by atoms with E-state index in [0.29, 0.717) is 0 Å². The Labute approximate surface area is 122 Å². The fourth-order valence-corrected chi connectivity index (χ4v) is 2.85.